The normalized spacial score (nSPS) is 14.9. The summed E-state index contributed by atoms with van der Waals surface area (Å²) in [6.45, 7) is 0. The van der Waals surface area contributed by atoms with E-state index in [1.807, 2.05) is 54.6 Å². The lowest BCUT2D eigenvalue weighted by molar-refractivity contribution is 0.210. The number of benzene rings is 2. The minimum atomic E-state index is 0.368. The summed E-state index contributed by atoms with van der Waals surface area (Å²) in [6.07, 6.45) is 6.99. The monoisotopic (exact) mass is 364 g/mol. The predicted octanol–water partition coefficient (Wildman–Crippen LogP) is 4.81. The molecule has 1 aromatic heterocycles. The standard InChI is InChI=1S/C20H20N4OS/c26-20-23-22-19(16-6-2-1-3-7-16)24(20)21-14-15-10-12-18(13-11-15)25-17-8-4-5-9-17/h1-3,6-7,10-14,17H,4-5,8-9H2,(H,23,26). The van der Waals surface area contributed by atoms with Gasteiger partial charge in [0, 0.05) is 5.56 Å². The van der Waals surface area contributed by atoms with Crippen molar-refractivity contribution in [2.45, 2.75) is 31.8 Å². The van der Waals surface area contributed by atoms with Crippen LogP contribution in [0.25, 0.3) is 11.4 Å². The third-order valence-electron chi connectivity index (χ3n) is 4.49. The van der Waals surface area contributed by atoms with Crippen molar-refractivity contribution in [2.75, 3.05) is 0 Å². The highest BCUT2D eigenvalue weighted by Gasteiger charge is 2.16. The Kier molecular flexibility index (Phi) is 4.93. The largest absolute Gasteiger partial charge is 0.490 e. The summed E-state index contributed by atoms with van der Waals surface area (Å²) in [4.78, 5) is 0. The summed E-state index contributed by atoms with van der Waals surface area (Å²) in [5.74, 6) is 1.60. The predicted molar refractivity (Wildman–Crippen MR) is 105 cm³/mol. The zero-order valence-corrected chi connectivity index (χ0v) is 15.2. The second-order valence-electron chi connectivity index (χ2n) is 6.37. The third kappa shape index (κ3) is 3.75. The van der Waals surface area contributed by atoms with Crippen LogP contribution in [0.15, 0.2) is 59.7 Å². The molecule has 3 aromatic rings. The van der Waals surface area contributed by atoms with E-state index in [2.05, 4.69) is 15.3 Å². The van der Waals surface area contributed by atoms with E-state index >= 15 is 0 Å². The molecule has 0 atom stereocenters. The van der Waals surface area contributed by atoms with Gasteiger partial charge < -0.3 is 4.74 Å². The molecule has 0 spiro atoms. The Labute approximate surface area is 157 Å². The van der Waals surface area contributed by atoms with Crippen molar-refractivity contribution in [3.05, 3.63) is 64.9 Å². The van der Waals surface area contributed by atoms with Crippen LogP contribution in [0, 0.1) is 4.77 Å². The average molecular weight is 364 g/mol. The first-order valence-electron chi connectivity index (χ1n) is 8.83. The van der Waals surface area contributed by atoms with Gasteiger partial charge in [0.2, 0.25) is 4.77 Å². The van der Waals surface area contributed by atoms with Crippen LogP contribution >= 0.6 is 12.2 Å². The number of rotatable bonds is 5. The molecule has 0 saturated heterocycles. The van der Waals surface area contributed by atoms with Gasteiger partial charge in [-0.3, -0.25) is 0 Å². The maximum absolute atomic E-state index is 6.00. The van der Waals surface area contributed by atoms with Gasteiger partial charge in [0.25, 0.3) is 0 Å². The fourth-order valence-electron chi connectivity index (χ4n) is 3.13. The highest BCUT2D eigenvalue weighted by Crippen LogP contribution is 2.24. The average Bonchev–Trinajstić information content (AvgIpc) is 3.32. The molecule has 0 radical (unpaired) electrons. The highest BCUT2D eigenvalue weighted by molar-refractivity contribution is 7.71. The smallest absolute Gasteiger partial charge is 0.216 e. The minimum Gasteiger partial charge on any atom is -0.490 e. The van der Waals surface area contributed by atoms with Crippen LogP contribution < -0.4 is 4.74 Å². The Bertz CT molecular complexity index is 938. The van der Waals surface area contributed by atoms with Gasteiger partial charge >= 0.3 is 0 Å². The van der Waals surface area contributed by atoms with Gasteiger partial charge in [0.1, 0.15) is 5.75 Å². The number of H-pyrrole nitrogens is 1. The fraction of sp³-hybridized carbons (Fsp3) is 0.250. The van der Waals surface area contributed by atoms with Crippen LogP contribution in [0.5, 0.6) is 5.75 Å². The molecule has 0 bridgehead atoms. The number of hydrogen-bond donors (Lipinski definition) is 1. The molecule has 1 aliphatic carbocycles. The van der Waals surface area contributed by atoms with E-state index < -0.39 is 0 Å². The van der Waals surface area contributed by atoms with Gasteiger partial charge in [-0.1, -0.05) is 30.3 Å². The van der Waals surface area contributed by atoms with Gasteiger partial charge in [0.05, 0.1) is 12.3 Å². The Morgan fingerprint density at radius 2 is 1.81 bits per heavy atom. The van der Waals surface area contributed by atoms with Crippen molar-refractivity contribution >= 4 is 18.4 Å². The van der Waals surface area contributed by atoms with Gasteiger partial charge in [-0.2, -0.15) is 14.9 Å². The second-order valence-corrected chi connectivity index (χ2v) is 6.75. The Hall–Kier alpha value is -2.73. The Morgan fingerprint density at radius 1 is 1.08 bits per heavy atom. The molecule has 0 unspecified atom stereocenters. The highest BCUT2D eigenvalue weighted by atomic mass is 32.1. The molecule has 0 aliphatic heterocycles. The molecule has 1 saturated carbocycles. The van der Waals surface area contributed by atoms with Gasteiger partial charge in [-0.15, -0.1) is 0 Å². The lowest BCUT2D eigenvalue weighted by Gasteiger charge is -2.12. The first-order chi connectivity index (χ1) is 12.8. The first-order valence-corrected chi connectivity index (χ1v) is 9.24. The zero-order chi connectivity index (χ0) is 17.8. The molecular formula is C20H20N4OS. The van der Waals surface area contributed by atoms with Crippen LogP contribution in [0.3, 0.4) is 0 Å². The summed E-state index contributed by atoms with van der Waals surface area (Å²) in [5, 5.41) is 11.6. The molecule has 5 nitrogen and oxygen atoms in total. The summed E-state index contributed by atoms with van der Waals surface area (Å²) in [6, 6.07) is 17.8. The quantitative estimate of drug-likeness (QED) is 0.522. The van der Waals surface area contributed by atoms with Gasteiger partial charge in [0.15, 0.2) is 5.82 Å². The summed E-state index contributed by atoms with van der Waals surface area (Å²) < 4.78 is 8.09. The number of aromatic amines is 1. The molecular weight excluding hydrogens is 344 g/mol. The van der Waals surface area contributed by atoms with E-state index in [0.717, 1.165) is 29.7 Å². The van der Waals surface area contributed by atoms with E-state index in [-0.39, 0.29) is 0 Å². The molecule has 1 aliphatic rings. The summed E-state index contributed by atoms with van der Waals surface area (Å²) in [7, 11) is 0. The summed E-state index contributed by atoms with van der Waals surface area (Å²) in [5.41, 5.74) is 1.93. The van der Waals surface area contributed by atoms with Crippen molar-refractivity contribution in [3.8, 4) is 17.1 Å². The van der Waals surface area contributed by atoms with E-state index in [4.69, 9.17) is 17.0 Å². The van der Waals surface area contributed by atoms with Crippen LogP contribution in [0.2, 0.25) is 0 Å². The first kappa shape index (κ1) is 16.7. The summed E-state index contributed by atoms with van der Waals surface area (Å²) >= 11 is 5.30. The molecule has 2 aromatic carbocycles. The molecule has 4 rings (SSSR count). The van der Waals surface area contributed by atoms with Crippen molar-refractivity contribution in [3.63, 3.8) is 0 Å². The fourth-order valence-corrected chi connectivity index (χ4v) is 3.31. The van der Waals surface area contributed by atoms with Crippen LogP contribution in [0.4, 0.5) is 0 Å². The number of hydrogen-bond acceptors (Lipinski definition) is 4. The van der Waals surface area contributed by atoms with E-state index in [9.17, 15) is 0 Å². The second kappa shape index (κ2) is 7.66. The zero-order valence-electron chi connectivity index (χ0n) is 14.3. The van der Waals surface area contributed by atoms with E-state index in [1.165, 1.54) is 12.8 Å². The van der Waals surface area contributed by atoms with Crippen LogP contribution in [0.1, 0.15) is 31.2 Å². The number of nitrogens with one attached hydrogen (secondary N) is 1. The van der Waals surface area contributed by atoms with Crippen molar-refractivity contribution < 1.29 is 4.74 Å². The number of aromatic nitrogens is 3. The maximum atomic E-state index is 6.00. The lowest BCUT2D eigenvalue weighted by Crippen LogP contribution is -2.10. The third-order valence-corrected chi connectivity index (χ3v) is 4.75. The van der Waals surface area contributed by atoms with Crippen molar-refractivity contribution in [1.29, 1.82) is 0 Å². The van der Waals surface area contributed by atoms with E-state index in [1.54, 1.807) is 10.9 Å². The topological polar surface area (TPSA) is 55.2 Å². The molecule has 1 N–H and O–H groups in total. The molecule has 26 heavy (non-hydrogen) atoms. The molecule has 132 valence electrons. The van der Waals surface area contributed by atoms with Crippen LogP contribution in [-0.4, -0.2) is 27.2 Å². The number of nitrogens with zero attached hydrogens (tertiary/aromatic N) is 3. The van der Waals surface area contributed by atoms with Crippen molar-refractivity contribution in [2.24, 2.45) is 5.10 Å². The molecule has 1 fully saturated rings. The Morgan fingerprint density at radius 3 is 2.54 bits per heavy atom. The lowest BCUT2D eigenvalue weighted by atomic mass is 10.2. The SMILES string of the molecule is S=c1[nH]nc(-c2ccccc2)n1N=Cc1ccc(OC2CCCC2)cc1. The number of ether oxygens (including phenoxy) is 1. The van der Waals surface area contributed by atoms with E-state index in [0.29, 0.717) is 16.7 Å². The van der Waals surface area contributed by atoms with Crippen molar-refractivity contribution in [1.82, 2.24) is 14.9 Å². The van der Waals surface area contributed by atoms with Gasteiger partial charge in [-0.25, -0.2) is 5.10 Å². The Balaban J connectivity index is 1.51. The maximum Gasteiger partial charge on any atom is 0.216 e. The molecule has 1 heterocycles. The minimum absolute atomic E-state index is 0.368. The van der Waals surface area contributed by atoms with Gasteiger partial charge in [-0.05, 0) is 67.7 Å². The van der Waals surface area contributed by atoms with Crippen LogP contribution in [-0.2, 0) is 0 Å². The molecule has 6 heteroatoms. The molecule has 0 amide bonds.